The van der Waals surface area contributed by atoms with Gasteiger partial charge in [-0.2, -0.15) is 0 Å². The lowest BCUT2D eigenvalue weighted by molar-refractivity contribution is -0.143. The summed E-state index contributed by atoms with van der Waals surface area (Å²) in [6.45, 7) is 4.25. The number of carbonyl (C=O) groups is 6. The third-order valence-electron chi connectivity index (χ3n) is 5.35. The second kappa shape index (κ2) is 17.2. The largest absolute Gasteiger partial charge is 0.481 e. The number of carboxylic acid groups (broad SMARTS) is 2. The third-order valence-corrected chi connectivity index (χ3v) is 5.35. The van der Waals surface area contributed by atoms with E-state index in [0.29, 0.717) is 19.4 Å². The number of aliphatic hydroxyl groups excluding tert-OH is 1. The van der Waals surface area contributed by atoms with E-state index < -0.39 is 84.7 Å². The first-order valence-electron chi connectivity index (χ1n) is 12.0. The first kappa shape index (κ1) is 33.7. The fourth-order valence-corrected chi connectivity index (χ4v) is 3.09. The minimum Gasteiger partial charge on any atom is -0.481 e. The van der Waals surface area contributed by atoms with E-state index in [1.165, 1.54) is 6.92 Å². The van der Waals surface area contributed by atoms with E-state index in [4.69, 9.17) is 16.6 Å². The van der Waals surface area contributed by atoms with E-state index >= 15 is 0 Å². The van der Waals surface area contributed by atoms with Gasteiger partial charge in [-0.3, -0.25) is 24.0 Å². The Balaban J connectivity index is 5.42. The second-order valence-electron chi connectivity index (χ2n) is 8.95. The minimum absolute atomic E-state index is 0.118. The van der Waals surface area contributed by atoms with E-state index in [2.05, 4.69) is 21.3 Å². The lowest BCUT2D eigenvalue weighted by Crippen LogP contribution is -2.57. The van der Waals surface area contributed by atoms with Crippen LogP contribution in [0.3, 0.4) is 0 Å². The second-order valence-corrected chi connectivity index (χ2v) is 8.95. The first-order valence-corrected chi connectivity index (χ1v) is 12.0. The molecule has 5 atom stereocenters. The smallest absolute Gasteiger partial charge is 0.326 e. The average molecular weight is 533 g/mol. The Bertz CT molecular complexity index is 806. The number of rotatable bonds is 18. The van der Waals surface area contributed by atoms with Gasteiger partial charge in [0.15, 0.2) is 0 Å². The molecule has 0 aliphatic carbocycles. The minimum atomic E-state index is -1.37. The number of aliphatic hydroxyl groups is 1. The van der Waals surface area contributed by atoms with Gasteiger partial charge < -0.3 is 48.1 Å². The predicted molar refractivity (Wildman–Crippen MR) is 131 cm³/mol. The standard InChI is InChI=1S/C22H40N6O9/c1-11(2)18(22(36)37)28-15(30)10-25-19(33)13(6-4-5-9-23)26-20(34)14(7-8-16(31)32)27-21(35)17(24)12(3)29/h11-14,17-18,29H,4-10,23-24H2,1-3H3,(H,25,33)(H,26,34)(H,27,35)(H,28,30)(H,31,32)(H,36,37)/t12-,13+,14+,17+,18+/m1/s1. The summed E-state index contributed by atoms with van der Waals surface area (Å²) in [5, 5.41) is 37.0. The Hall–Kier alpha value is -3.30. The lowest BCUT2D eigenvalue weighted by Gasteiger charge is -2.24. The topological polar surface area (TPSA) is 263 Å². The number of carbonyl (C=O) groups excluding carboxylic acids is 4. The summed E-state index contributed by atoms with van der Waals surface area (Å²) < 4.78 is 0. The van der Waals surface area contributed by atoms with Gasteiger partial charge >= 0.3 is 11.9 Å². The Morgan fingerprint density at radius 3 is 1.86 bits per heavy atom. The third kappa shape index (κ3) is 13.5. The quantitative estimate of drug-likeness (QED) is 0.0803. The van der Waals surface area contributed by atoms with E-state index in [1.54, 1.807) is 13.8 Å². The molecule has 0 fully saturated rings. The van der Waals surface area contributed by atoms with Crippen LogP contribution in [0.4, 0.5) is 0 Å². The average Bonchev–Trinajstić information content (AvgIpc) is 2.81. The number of amides is 4. The van der Waals surface area contributed by atoms with Crippen LogP contribution in [0.1, 0.15) is 52.9 Å². The summed E-state index contributed by atoms with van der Waals surface area (Å²) in [6.07, 6.45) is -0.961. The van der Waals surface area contributed by atoms with Gasteiger partial charge in [0, 0.05) is 6.42 Å². The molecule has 0 saturated heterocycles. The number of hydrogen-bond acceptors (Lipinski definition) is 9. The highest BCUT2D eigenvalue weighted by molar-refractivity contribution is 5.94. The molecule has 0 aromatic rings. The van der Waals surface area contributed by atoms with Crippen LogP contribution in [-0.2, 0) is 28.8 Å². The molecule has 0 aromatic carbocycles. The molecular weight excluding hydrogens is 492 g/mol. The molecule has 11 N–H and O–H groups in total. The van der Waals surface area contributed by atoms with Crippen molar-refractivity contribution in [1.29, 1.82) is 0 Å². The number of carboxylic acids is 2. The molecule has 0 bridgehead atoms. The Kier molecular flexibility index (Phi) is 15.7. The maximum Gasteiger partial charge on any atom is 0.326 e. The van der Waals surface area contributed by atoms with Crippen molar-refractivity contribution in [2.45, 2.75) is 83.1 Å². The van der Waals surface area contributed by atoms with Crippen molar-refractivity contribution in [3.05, 3.63) is 0 Å². The van der Waals surface area contributed by atoms with Crippen LogP contribution in [0.15, 0.2) is 0 Å². The predicted octanol–water partition coefficient (Wildman–Crippen LogP) is -3.00. The van der Waals surface area contributed by atoms with Gasteiger partial charge in [0.05, 0.1) is 12.6 Å². The van der Waals surface area contributed by atoms with Crippen LogP contribution in [0, 0.1) is 5.92 Å². The van der Waals surface area contributed by atoms with Crippen molar-refractivity contribution in [2.24, 2.45) is 17.4 Å². The Morgan fingerprint density at radius 1 is 0.811 bits per heavy atom. The van der Waals surface area contributed by atoms with E-state index in [0.717, 1.165) is 0 Å². The first-order chi connectivity index (χ1) is 17.2. The fraction of sp³-hybridized carbons (Fsp3) is 0.727. The highest BCUT2D eigenvalue weighted by Gasteiger charge is 2.30. The number of unbranched alkanes of at least 4 members (excludes halogenated alkanes) is 1. The van der Waals surface area contributed by atoms with Crippen molar-refractivity contribution in [2.75, 3.05) is 13.1 Å². The van der Waals surface area contributed by atoms with Gasteiger partial charge in [0.25, 0.3) is 0 Å². The fourth-order valence-electron chi connectivity index (χ4n) is 3.09. The van der Waals surface area contributed by atoms with Gasteiger partial charge in [0.2, 0.25) is 23.6 Å². The number of nitrogens with one attached hydrogen (secondary N) is 4. The molecule has 0 spiro atoms. The van der Waals surface area contributed by atoms with E-state index in [-0.39, 0.29) is 12.8 Å². The molecule has 0 aliphatic heterocycles. The van der Waals surface area contributed by atoms with Crippen molar-refractivity contribution >= 4 is 35.6 Å². The maximum absolute atomic E-state index is 12.9. The molecule has 0 unspecified atom stereocenters. The van der Waals surface area contributed by atoms with Crippen LogP contribution in [-0.4, -0.2) is 94.2 Å². The van der Waals surface area contributed by atoms with Gasteiger partial charge in [-0.1, -0.05) is 13.8 Å². The van der Waals surface area contributed by atoms with Gasteiger partial charge in [0.1, 0.15) is 24.2 Å². The number of aliphatic carboxylic acids is 2. The van der Waals surface area contributed by atoms with E-state index in [9.17, 15) is 39.0 Å². The summed E-state index contributed by atoms with van der Waals surface area (Å²) in [5.41, 5.74) is 11.1. The Morgan fingerprint density at radius 2 is 1.38 bits per heavy atom. The highest BCUT2D eigenvalue weighted by Crippen LogP contribution is 2.06. The molecule has 0 saturated carbocycles. The summed E-state index contributed by atoms with van der Waals surface area (Å²) in [4.78, 5) is 72.3. The molecule has 212 valence electrons. The van der Waals surface area contributed by atoms with Crippen molar-refractivity contribution in [1.82, 2.24) is 21.3 Å². The maximum atomic E-state index is 12.9. The molecule has 0 radical (unpaired) electrons. The summed E-state index contributed by atoms with van der Waals surface area (Å²) in [5.74, 6) is -6.11. The normalized spacial score (nSPS) is 15.0. The molecule has 37 heavy (non-hydrogen) atoms. The molecule has 0 aliphatic rings. The molecule has 0 heterocycles. The van der Waals surface area contributed by atoms with Gasteiger partial charge in [-0.05, 0) is 45.1 Å². The van der Waals surface area contributed by atoms with Gasteiger partial charge in [-0.25, -0.2) is 4.79 Å². The summed E-state index contributed by atoms with van der Waals surface area (Å²) in [7, 11) is 0. The molecule has 15 nitrogen and oxygen atoms in total. The monoisotopic (exact) mass is 532 g/mol. The van der Waals surface area contributed by atoms with Crippen LogP contribution >= 0.6 is 0 Å². The van der Waals surface area contributed by atoms with Crippen LogP contribution < -0.4 is 32.7 Å². The van der Waals surface area contributed by atoms with Crippen LogP contribution in [0.25, 0.3) is 0 Å². The molecule has 0 aromatic heterocycles. The summed E-state index contributed by atoms with van der Waals surface area (Å²) in [6, 6.07) is -5.07. The zero-order valence-electron chi connectivity index (χ0n) is 21.4. The van der Waals surface area contributed by atoms with Crippen LogP contribution in [0.5, 0.6) is 0 Å². The van der Waals surface area contributed by atoms with Crippen molar-refractivity contribution in [3.63, 3.8) is 0 Å². The zero-order valence-corrected chi connectivity index (χ0v) is 21.4. The number of nitrogens with two attached hydrogens (primary N) is 2. The SMILES string of the molecule is CC(C)[C@H](NC(=O)CNC(=O)[C@H](CCCCN)NC(=O)[C@H](CCC(=O)O)NC(=O)[C@@H](N)[C@@H](C)O)C(=O)O. The summed E-state index contributed by atoms with van der Waals surface area (Å²) >= 11 is 0. The molecule has 4 amide bonds. The van der Waals surface area contributed by atoms with Crippen molar-refractivity contribution in [3.8, 4) is 0 Å². The van der Waals surface area contributed by atoms with Crippen molar-refractivity contribution < 1.29 is 44.1 Å². The van der Waals surface area contributed by atoms with Gasteiger partial charge in [-0.15, -0.1) is 0 Å². The van der Waals surface area contributed by atoms with E-state index in [1.807, 2.05) is 0 Å². The lowest BCUT2D eigenvalue weighted by atomic mass is 10.0. The molecular formula is C22H40N6O9. The Labute approximate surface area is 215 Å². The highest BCUT2D eigenvalue weighted by atomic mass is 16.4. The zero-order chi connectivity index (χ0) is 28.7. The van der Waals surface area contributed by atoms with Crippen LogP contribution in [0.2, 0.25) is 0 Å². The molecule has 0 rings (SSSR count). The number of hydrogen-bond donors (Lipinski definition) is 9. The molecule has 15 heteroatoms.